The third kappa shape index (κ3) is 3.93. The maximum absolute atomic E-state index is 13.2. The Bertz CT molecular complexity index is 1250. The first kappa shape index (κ1) is 20.2. The maximum atomic E-state index is 13.2. The van der Waals surface area contributed by atoms with E-state index in [1.807, 2.05) is 35.4 Å². The zero-order valence-electron chi connectivity index (χ0n) is 18.1. The second kappa shape index (κ2) is 8.42. The molecule has 1 aromatic carbocycles. The average Bonchev–Trinajstić information content (AvgIpc) is 3.14. The molecule has 1 atom stereocenters. The van der Waals surface area contributed by atoms with Gasteiger partial charge in [0.2, 0.25) is 11.9 Å². The SMILES string of the molecule is Cc1cc2ccccc2n1CC(=O)N1CCCC(c2ccc(-c3cnc(N)nc3)cn2)C1. The highest BCUT2D eigenvalue weighted by atomic mass is 16.2. The van der Waals surface area contributed by atoms with Crippen molar-refractivity contribution >= 4 is 22.8 Å². The Hall–Kier alpha value is -3.74. The Kier molecular flexibility index (Phi) is 5.31. The summed E-state index contributed by atoms with van der Waals surface area (Å²) in [4.78, 5) is 27.9. The number of carbonyl (C=O) groups excluding carboxylic acids is 1. The minimum Gasteiger partial charge on any atom is -0.368 e. The van der Waals surface area contributed by atoms with Crippen molar-refractivity contribution in [3.05, 3.63) is 72.4 Å². The summed E-state index contributed by atoms with van der Waals surface area (Å²) in [6.45, 7) is 3.93. The summed E-state index contributed by atoms with van der Waals surface area (Å²) >= 11 is 0. The molecule has 2 N–H and O–H groups in total. The van der Waals surface area contributed by atoms with Gasteiger partial charge in [0, 0.05) is 65.6 Å². The molecule has 1 amide bonds. The van der Waals surface area contributed by atoms with Gasteiger partial charge in [-0.1, -0.05) is 24.3 Å². The van der Waals surface area contributed by atoms with Crippen molar-refractivity contribution in [1.29, 1.82) is 0 Å². The molecular weight excluding hydrogens is 400 g/mol. The molecule has 0 spiro atoms. The Morgan fingerprint density at radius 2 is 1.84 bits per heavy atom. The quantitative estimate of drug-likeness (QED) is 0.536. The Morgan fingerprint density at radius 3 is 2.62 bits per heavy atom. The van der Waals surface area contributed by atoms with Crippen molar-refractivity contribution in [3.63, 3.8) is 0 Å². The number of carbonyl (C=O) groups is 1. The van der Waals surface area contributed by atoms with Crippen molar-refractivity contribution in [2.24, 2.45) is 0 Å². The number of para-hydroxylation sites is 1. The van der Waals surface area contributed by atoms with Crippen LogP contribution in [0, 0.1) is 6.92 Å². The number of aryl methyl sites for hydroxylation is 1. The first-order chi connectivity index (χ1) is 15.6. The summed E-state index contributed by atoms with van der Waals surface area (Å²) in [6, 6.07) is 14.4. The molecule has 4 heterocycles. The summed E-state index contributed by atoms with van der Waals surface area (Å²) in [5, 5.41) is 1.17. The van der Waals surface area contributed by atoms with Crippen LogP contribution in [0.3, 0.4) is 0 Å². The summed E-state index contributed by atoms with van der Waals surface area (Å²) in [7, 11) is 0. The smallest absolute Gasteiger partial charge is 0.242 e. The predicted molar refractivity (Wildman–Crippen MR) is 125 cm³/mol. The van der Waals surface area contributed by atoms with Crippen LogP contribution in [0.4, 0.5) is 5.95 Å². The molecular formula is C25H26N6O. The summed E-state index contributed by atoms with van der Waals surface area (Å²) in [5.41, 5.74) is 10.6. The third-order valence-electron chi connectivity index (χ3n) is 6.29. The summed E-state index contributed by atoms with van der Waals surface area (Å²) < 4.78 is 2.11. The first-order valence-corrected chi connectivity index (χ1v) is 10.9. The van der Waals surface area contributed by atoms with E-state index in [2.05, 4.69) is 39.7 Å². The molecule has 3 aromatic heterocycles. The van der Waals surface area contributed by atoms with Gasteiger partial charge < -0.3 is 15.2 Å². The van der Waals surface area contributed by atoms with Gasteiger partial charge in [-0.2, -0.15) is 0 Å². The molecule has 1 aliphatic rings. The van der Waals surface area contributed by atoms with Crippen LogP contribution < -0.4 is 5.73 Å². The molecule has 0 bridgehead atoms. The highest BCUT2D eigenvalue weighted by Gasteiger charge is 2.26. The number of hydrogen-bond acceptors (Lipinski definition) is 5. The third-order valence-corrected chi connectivity index (χ3v) is 6.29. The Labute approximate surface area is 186 Å². The van der Waals surface area contributed by atoms with Gasteiger partial charge in [0.25, 0.3) is 0 Å². The molecule has 1 unspecified atom stereocenters. The van der Waals surface area contributed by atoms with E-state index in [-0.39, 0.29) is 17.8 Å². The van der Waals surface area contributed by atoms with Crippen LogP contribution in [0.15, 0.2) is 61.1 Å². The van der Waals surface area contributed by atoms with Crippen molar-refractivity contribution in [1.82, 2.24) is 24.4 Å². The van der Waals surface area contributed by atoms with Crippen LogP contribution in [-0.4, -0.2) is 43.4 Å². The second-order valence-electron chi connectivity index (χ2n) is 8.41. The number of nitrogen functional groups attached to an aromatic ring is 1. The van der Waals surface area contributed by atoms with Crippen molar-refractivity contribution in [2.45, 2.75) is 32.2 Å². The summed E-state index contributed by atoms with van der Waals surface area (Å²) in [6.07, 6.45) is 7.27. The molecule has 1 aliphatic heterocycles. The number of hydrogen-bond donors (Lipinski definition) is 1. The van der Waals surface area contributed by atoms with Gasteiger partial charge in [-0.05, 0) is 43.4 Å². The van der Waals surface area contributed by atoms with Crippen LogP contribution in [0.1, 0.15) is 30.1 Å². The van der Waals surface area contributed by atoms with Gasteiger partial charge in [-0.3, -0.25) is 9.78 Å². The molecule has 0 aliphatic carbocycles. The van der Waals surface area contributed by atoms with Crippen LogP contribution in [0.5, 0.6) is 0 Å². The Balaban J connectivity index is 1.29. The number of rotatable bonds is 4. The fourth-order valence-corrected chi connectivity index (χ4v) is 4.54. The molecule has 1 fully saturated rings. The average molecular weight is 427 g/mol. The van der Waals surface area contributed by atoms with Crippen LogP contribution >= 0.6 is 0 Å². The predicted octanol–water partition coefficient (Wildman–Crippen LogP) is 3.79. The second-order valence-corrected chi connectivity index (χ2v) is 8.41. The van der Waals surface area contributed by atoms with E-state index in [0.29, 0.717) is 13.1 Å². The largest absolute Gasteiger partial charge is 0.368 e. The number of aromatic nitrogens is 4. The number of anilines is 1. The van der Waals surface area contributed by atoms with Gasteiger partial charge >= 0.3 is 0 Å². The minimum absolute atomic E-state index is 0.162. The van der Waals surface area contributed by atoms with Crippen LogP contribution in [0.25, 0.3) is 22.0 Å². The van der Waals surface area contributed by atoms with E-state index in [0.717, 1.165) is 47.4 Å². The van der Waals surface area contributed by atoms with E-state index in [9.17, 15) is 4.79 Å². The standard InChI is InChI=1S/C25H26N6O/c1-17-11-18-5-2-3-7-23(18)31(17)16-24(32)30-10-4-6-20(15-30)22-9-8-19(12-27-22)21-13-28-25(26)29-14-21/h2-3,5,7-9,11-14,20H,4,6,10,15-16H2,1H3,(H2,26,28,29). The molecule has 4 aromatic rings. The van der Waals surface area contributed by atoms with E-state index in [4.69, 9.17) is 10.7 Å². The van der Waals surface area contributed by atoms with Gasteiger partial charge in [-0.15, -0.1) is 0 Å². The molecule has 7 heteroatoms. The molecule has 32 heavy (non-hydrogen) atoms. The zero-order valence-corrected chi connectivity index (χ0v) is 18.1. The number of nitrogens with zero attached hydrogens (tertiary/aromatic N) is 5. The van der Waals surface area contributed by atoms with Crippen molar-refractivity contribution < 1.29 is 4.79 Å². The Morgan fingerprint density at radius 1 is 1.06 bits per heavy atom. The van der Waals surface area contributed by atoms with Gasteiger partial charge in [0.1, 0.15) is 6.54 Å². The van der Waals surface area contributed by atoms with Crippen molar-refractivity contribution in [2.75, 3.05) is 18.8 Å². The zero-order chi connectivity index (χ0) is 22.1. The lowest BCUT2D eigenvalue weighted by Crippen LogP contribution is -2.41. The van der Waals surface area contributed by atoms with Gasteiger partial charge in [0.05, 0.1) is 0 Å². The lowest BCUT2D eigenvalue weighted by atomic mass is 9.93. The molecule has 0 saturated carbocycles. The lowest BCUT2D eigenvalue weighted by Gasteiger charge is -2.33. The number of piperidine rings is 1. The topological polar surface area (TPSA) is 89.9 Å². The van der Waals surface area contributed by atoms with E-state index < -0.39 is 0 Å². The van der Waals surface area contributed by atoms with Crippen LogP contribution in [0.2, 0.25) is 0 Å². The lowest BCUT2D eigenvalue weighted by molar-refractivity contribution is -0.133. The molecule has 1 saturated heterocycles. The van der Waals surface area contributed by atoms with E-state index in [1.54, 1.807) is 12.4 Å². The molecule has 162 valence electrons. The maximum Gasteiger partial charge on any atom is 0.242 e. The molecule has 7 nitrogen and oxygen atoms in total. The number of nitrogens with two attached hydrogens (primary N) is 1. The van der Waals surface area contributed by atoms with E-state index >= 15 is 0 Å². The number of benzene rings is 1. The minimum atomic E-state index is 0.162. The number of amides is 1. The van der Waals surface area contributed by atoms with Gasteiger partial charge in [-0.25, -0.2) is 9.97 Å². The fraction of sp³-hybridized carbons (Fsp3) is 0.280. The molecule has 0 radical (unpaired) electrons. The number of pyridine rings is 1. The molecule has 5 rings (SSSR count). The van der Waals surface area contributed by atoms with E-state index in [1.165, 1.54) is 5.39 Å². The highest BCUT2D eigenvalue weighted by molar-refractivity contribution is 5.84. The van der Waals surface area contributed by atoms with Crippen molar-refractivity contribution in [3.8, 4) is 11.1 Å². The fourth-order valence-electron chi connectivity index (χ4n) is 4.54. The normalized spacial score (nSPS) is 16.4. The number of fused-ring (bicyclic) bond motifs is 1. The van der Waals surface area contributed by atoms with Gasteiger partial charge in [0.15, 0.2) is 0 Å². The first-order valence-electron chi connectivity index (χ1n) is 10.9. The van der Waals surface area contributed by atoms with Crippen LogP contribution in [-0.2, 0) is 11.3 Å². The monoisotopic (exact) mass is 426 g/mol. The number of likely N-dealkylation sites (tertiary alicyclic amines) is 1. The summed E-state index contributed by atoms with van der Waals surface area (Å²) in [5.74, 6) is 0.662. The highest BCUT2D eigenvalue weighted by Crippen LogP contribution is 2.28.